The Morgan fingerprint density at radius 3 is 2.25 bits per heavy atom. The van der Waals surface area contributed by atoms with Crippen molar-refractivity contribution in [2.75, 3.05) is 0 Å². The molecule has 1 aromatic rings. The Morgan fingerprint density at radius 1 is 1.38 bits per heavy atom. The van der Waals surface area contributed by atoms with Crippen LogP contribution in [-0.2, 0) is 10.3 Å². The number of benzene rings is 1. The van der Waals surface area contributed by atoms with Gasteiger partial charge in [-0.2, -0.15) is 0 Å². The van der Waals surface area contributed by atoms with Crippen molar-refractivity contribution in [3.63, 3.8) is 0 Å². The molecular weight excluding hydrogens is 249 g/mol. The molecule has 0 aromatic heterocycles. The second-order valence-corrected chi connectivity index (χ2v) is 4.61. The van der Waals surface area contributed by atoms with Crippen LogP contribution in [0.2, 0.25) is 10.0 Å². The minimum Gasteiger partial charge on any atom is -0.481 e. The van der Waals surface area contributed by atoms with Gasteiger partial charge in [-0.1, -0.05) is 30.1 Å². The first-order valence-electron chi connectivity index (χ1n) is 4.84. The van der Waals surface area contributed by atoms with Crippen LogP contribution in [0.15, 0.2) is 18.2 Å². The monoisotopic (exact) mass is 261 g/mol. The molecule has 0 aliphatic rings. The Balaban J connectivity index is 3.16. The van der Waals surface area contributed by atoms with E-state index in [1.807, 2.05) is 6.92 Å². The van der Waals surface area contributed by atoms with Crippen molar-refractivity contribution in [2.24, 2.45) is 5.73 Å². The van der Waals surface area contributed by atoms with Gasteiger partial charge in [-0.05, 0) is 30.2 Å². The molecule has 0 bridgehead atoms. The molecule has 88 valence electrons. The molecule has 0 spiro atoms. The fourth-order valence-electron chi connectivity index (χ4n) is 1.54. The number of nitrogens with two attached hydrogens (primary N) is 1. The highest BCUT2D eigenvalue weighted by Crippen LogP contribution is 2.30. The normalized spacial score (nSPS) is 14.5. The molecule has 3 N–H and O–H groups in total. The molecule has 1 unspecified atom stereocenters. The lowest BCUT2D eigenvalue weighted by atomic mass is 9.85. The van der Waals surface area contributed by atoms with E-state index in [2.05, 4.69) is 0 Å². The van der Waals surface area contributed by atoms with E-state index in [9.17, 15) is 4.79 Å². The molecule has 3 nitrogen and oxygen atoms in total. The van der Waals surface area contributed by atoms with E-state index in [4.69, 9.17) is 34.0 Å². The molecule has 0 aliphatic heterocycles. The Hall–Kier alpha value is -0.770. The van der Waals surface area contributed by atoms with Gasteiger partial charge >= 0.3 is 5.97 Å². The quantitative estimate of drug-likeness (QED) is 0.876. The van der Waals surface area contributed by atoms with Gasteiger partial charge in [0.1, 0.15) is 0 Å². The summed E-state index contributed by atoms with van der Waals surface area (Å²) in [6.45, 7) is 1.83. The number of aliphatic carboxylic acids is 1. The SMILES string of the molecule is CCC(N)(CC(=O)O)c1cc(Cl)cc(Cl)c1. The predicted octanol–water partition coefficient (Wildman–Crippen LogP) is 3.03. The predicted molar refractivity (Wildman–Crippen MR) is 64.9 cm³/mol. The average Bonchev–Trinajstić information content (AvgIpc) is 2.15. The number of hydrogen-bond donors (Lipinski definition) is 2. The lowest BCUT2D eigenvalue weighted by Gasteiger charge is -2.27. The summed E-state index contributed by atoms with van der Waals surface area (Å²) in [5.41, 5.74) is 5.78. The maximum Gasteiger partial charge on any atom is 0.305 e. The lowest BCUT2D eigenvalue weighted by molar-refractivity contribution is -0.138. The molecule has 1 atom stereocenters. The van der Waals surface area contributed by atoms with Crippen molar-refractivity contribution < 1.29 is 9.90 Å². The van der Waals surface area contributed by atoms with Crippen molar-refractivity contribution in [3.05, 3.63) is 33.8 Å². The number of carboxylic acid groups (broad SMARTS) is 1. The topological polar surface area (TPSA) is 63.3 Å². The van der Waals surface area contributed by atoms with Gasteiger partial charge in [0, 0.05) is 10.0 Å². The van der Waals surface area contributed by atoms with E-state index in [-0.39, 0.29) is 6.42 Å². The Morgan fingerprint density at radius 2 is 1.88 bits per heavy atom. The molecule has 5 heteroatoms. The first kappa shape index (κ1) is 13.3. The van der Waals surface area contributed by atoms with Gasteiger partial charge < -0.3 is 10.8 Å². The molecule has 0 heterocycles. The van der Waals surface area contributed by atoms with E-state index < -0.39 is 11.5 Å². The number of rotatable bonds is 4. The minimum absolute atomic E-state index is 0.153. The van der Waals surface area contributed by atoms with E-state index in [0.29, 0.717) is 22.0 Å². The van der Waals surface area contributed by atoms with Crippen LogP contribution in [-0.4, -0.2) is 11.1 Å². The average molecular weight is 262 g/mol. The zero-order chi connectivity index (χ0) is 12.3. The summed E-state index contributed by atoms with van der Waals surface area (Å²) in [7, 11) is 0. The van der Waals surface area contributed by atoms with Crippen LogP contribution in [0.3, 0.4) is 0 Å². The molecule has 16 heavy (non-hydrogen) atoms. The van der Waals surface area contributed by atoms with Gasteiger partial charge in [-0.25, -0.2) is 0 Å². The summed E-state index contributed by atoms with van der Waals surface area (Å²) in [6.07, 6.45) is 0.343. The Bertz CT molecular complexity index is 389. The first-order chi connectivity index (χ1) is 7.37. The van der Waals surface area contributed by atoms with Crippen molar-refractivity contribution in [3.8, 4) is 0 Å². The van der Waals surface area contributed by atoms with Crippen LogP contribution < -0.4 is 5.73 Å². The third kappa shape index (κ3) is 3.11. The molecule has 0 saturated heterocycles. The van der Waals surface area contributed by atoms with Crippen LogP contribution in [0.4, 0.5) is 0 Å². The first-order valence-corrected chi connectivity index (χ1v) is 5.60. The van der Waals surface area contributed by atoms with Crippen molar-refractivity contribution in [2.45, 2.75) is 25.3 Å². The minimum atomic E-state index is -0.944. The zero-order valence-electron chi connectivity index (χ0n) is 8.84. The smallest absolute Gasteiger partial charge is 0.305 e. The summed E-state index contributed by atoms with van der Waals surface area (Å²) in [6, 6.07) is 4.89. The number of carbonyl (C=O) groups is 1. The van der Waals surface area contributed by atoms with Crippen LogP contribution in [0.25, 0.3) is 0 Å². The van der Waals surface area contributed by atoms with Crippen LogP contribution >= 0.6 is 23.2 Å². The second-order valence-electron chi connectivity index (χ2n) is 3.74. The van der Waals surface area contributed by atoms with Crippen LogP contribution in [0, 0.1) is 0 Å². The molecule has 1 rings (SSSR count). The third-order valence-corrected chi connectivity index (χ3v) is 2.97. The van der Waals surface area contributed by atoms with Gasteiger partial charge in [0.2, 0.25) is 0 Å². The largest absolute Gasteiger partial charge is 0.481 e. The maximum absolute atomic E-state index is 10.8. The lowest BCUT2D eigenvalue weighted by Crippen LogP contribution is -2.38. The summed E-state index contributed by atoms with van der Waals surface area (Å²) >= 11 is 11.7. The number of carboxylic acids is 1. The standard InChI is InChI=1S/C11H13Cl2NO2/c1-2-11(14,6-10(15)16)7-3-8(12)5-9(13)4-7/h3-5H,2,6,14H2,1H3,(H,15,16). The second kappa shape index (κ2) is 5.04. The van der Waals surface area contributed by atoms with Gasteiger partial charge in [-0.15, -0.1) is 0 Å². The van der Waals surface area contributed by atoms with E-state index >= 15 is 0 Å². The number of hydrogen-bond acceptors (Lipinski definition) is 2. The highest BCUT2D eigenvalue weighted by atomic mass is 35.5. The highest BCUT2D eigenvalue weighted by Gasteiger charge is 2.28. The number of halogens is 2. The van der Waals surface area contributed by atoms with E-state index in [0.717, 1.165) is 0 Å². The fraction of sp³-hybridized carbons (Fsp3) is 0.364. The van der Waals surface area contributed by atoms with Crippen LogP contribution in [0.1, 0.15) is 25.3 Å². The highest BCUT2D eigenvalue weighted by molar-refractivity contribution is 6.34. The maximum atomic E-state index is 10.8. The molecular formula is C11H13Cl2NO2. The molecule has 1 aromatic carbocycles. The Labute approximate surface area is 104 Å². The summed E-state index contributed by atoms with van der Waals surface area (Å²) in [4.78, 5) is 10.8. The molecule has 0 saturated carbocycles. The van der Waals surface area contributed by atoms with Crippen molar-refractivity contribution in [1.29, 1.82) is 0 Å². The van der Waals surface area contributed by atoms with Gasteiger partial charge in [-0.3, -0.25) is 4.79 Å². The van der Waals surface area contributed by atoms with Crippen molar-refractivity contribution in [1.82, 2.24) is 0 Å². The van der Waals surface area contributed by atoms with Gasteiger partial charge in [0.15, 0.2) is 0 Å². The fourth-order valence-corrected chi connectivity index (χ4v) is 2.07. The third-order valence-electron chi connectivity index (χ3n) is 2.54. The van der Waals surface area contributed by atoms with Crippen molar-refractivity contribution >= 4 is 29.2 Å². The molecule has 0 radical (unpaired) electrons. The Kier molecular flexibility index (Phi) is 4.19. The van der Waals surface area contributed by atoms with Crippen LogP contribution in [0.5, 0.6) is 0 Å². The molecule has 0 fully saturated rings. The summed E-state index contributed by atoms with van der Waals surface area (Å²) < 4.78 is 0. The van der Waals surface area contributed by atoms with Gasteiger partial charge in [0.05, 0.1) is 12.0 Å². The molecule has 0 amide bonds. The summed E-state index contributed by atoms with van der Waals surface area (Å²) in [5, 5.41) is 9.74. The summed E-state index contributed by atoms with van der Waals surface area (Å²) in [5.74, 6) is -0.944. The van der Waals surface area contributed by atoms with E-state index in [1.54, 1.807) is 18.2 Å². The molecule has 0 aliphatic carbocycles. The van der Waals surface area contributed by atoms with E-state index in [1.165, 1.54) is 0 Å². The van der Waals surface area contributed by atoms with Gasteiger partial charge in [0.25, 0.3) is 0 Å². The zero-order valence-corrected chi connectivity index (χ0v) is 10.3.